The van der Waals surface area contributed by atoms with E-state index in [0.29, 0.717) is 28.0 Å². The monoisotopic (exact) mass is 359 g/mol. The first-order valence-corrected chi connectivity index (χ1v) is 7.56. The molecule has 0 aliphatic carbocycles. The Morgan fingerprint density at radius 3 is 2.57 bits per heavy atom. The van der Waals surface area contributed by atoms with Gasteiger partial charge in [0.05, 0.1) is 29.9 Å². The lowest BCUT2D eigenvalue weighted by molar-refractivity contribution is 0.0469. The van der Waals surface area contributed by atoms with Gasteiger partial charge in [0.1, 0.15) is 11.5 Å². The minimum atomic E-state index is -0.923. The fourth-order valence-corrected chi connectivity index (χ4v) is 2.66. The highest BCUT2D eigenvalue weighted by molar-refractivity contribution is 9.10. The first kappa shape index (κ1) is 17.8. The van der Waals surface area contributed by atoms with E-state index in [1.807, 2.05) is 6.92 Å². The van der Waals surface area contributed by atoms with E-state index in [-0.39, 0.29) is 12.5 Å². The summed E-state index contributed by atoms with van der Waals surface area (Å²) in [5.41, 5.74) is -0.565. The number of hydrogen-bond donors (Lipinski definition) is 2. The molecule has 1 atom stereocenters. The Kier molecular flexibility index (Phi) is 6.48. The summed E-state index contributed by atoms with van der Waals surface area (Å²) in [6.45, 7) is 3.87. The maximum Gasteiger partial charge on any atom is 0.255 e. The zero-order chi connectivity index (χ0) is 16.0. The van der Waals surface area contributed by atoms with Gasteiger partial charge in [-0.15, -0.1) is 0 Å². The van der Waals surface area contributed by atoms with Gasteiger partial charge in [0.2, 0.25) is 0 Å². The minimum absolute atomic E-state index is 0.178. The molecular formula is C15H22BrNO4. The van der Waals surface area contributed by atoms with Gasteiger partial charge in [0.25, 0.3) is 5.91 Å². The predicted molar refractivity (Wildman–Crippen MR) is 85.1 cm³/mol. The Labute approximate surface area is 133 Å². The summed E-state index contributed by atoms with van der Waals surface area (Å²) in [6.07, 6.45) is 1.46. The number of methoxy groups -OCH3 is 2. The molecule has 0 saturated heterocycles. The number of rotatable bonds is 7. The normalized spacial score (nSPS) is 13.4. The lowest BCUT2D eigenvalue weighted by atomic mass is 10.0. The second kappa shape index (κ2) is 7.66. The van der Waals surface area contributed by atoms with Crippen LogP contribution in [0.1, 0.15) is 37.0 Å². The smallest absolute Gasteiger partial charge is 0.255 e. The van der Waals surface area contributed by atoms with E-state index >= 15 is 0 Å². The quantitative estimate of drug-likeness (QED) is 0.785. The highest BCUT2D eigenvalue weighted by Gasteiger charge is 2.22. The number of halogens is 1. The van der Waals surface area contributed by atoms with Crippen LogP contribution in [0, 0.1) is 0 Å². The Bertz CT molecular complexity index is 503. The van der Waals surface area contributed by atoms with Crippen molar-refractivity contribution < 1.29 is 19.4 Å². The third-order valence-electron chi connectivity index (χ3n) is 3.12. The largest absolute Gasteiger partial charge is 0.497 e. The van der Waals surface area contributed by atoms with E-state index in [9.17, 15) is 9.90 Å². The van der Waals surface area contributed by atoms with Gasteiger partial charge in [-0.05, 0) is 41.4 Å². The second-order valence-corrected chi connectivity index (χ2v) is 5.97. The van der Waals surface area contributed by atoms with Crippen LogP contribution < -0.4 is 14.8 Å². The number of carbonyl (C=O) groups is 1. The first-order chi connectivity index (χ1) is 9.84. The summed E-state index contributed by atoms with van der Waals surface area (Å²) >= 11 is 3.35. The molecule has 0 aliphatic rings. The molecule has 118 valence electrons. The molecule has 0 bridgehead atoms. The number of amides is 1. The molecule has 5 nitrogen and oxygen atoms in total. The maximum atomic E-state index is 12.3. The minimum Gasteiger partial charge on any atom is -0.497 e. The molecule has 0 radical (unpaired) electrons. The second-order valence-electron chi connectivity index (χ2n) is 5.12. The third kappa shape index (κ3) is 4.89. The Morgan fingerprint density at radius 1 is 1.38 bits per heavy atom. The molecule has 0 aromatic heterocycles. The van der Waals surface area contributed by atoms with Gasteiger partial charge in [0, 0.05) is 6.54 Å². The molecule has 21 heavy (non-hydrogen) atoms. The van der Waals surface area contributed by atoms with E-state index in [4.69, 9.17) is 9.47 Å². The lowest BCUT2D eigenvalue weighted by Gasteiger charge is -2.23. The number of benzene rings is 1. The van der Waals surface area contributed by atoms with Crippen molar-refractivity contribution in [1.29, 1.82) is 0 Å². The molecule has 6 heteroatoms. The van der Waals surface area contributed by atoms with E-state index in [1.165, 1.54) is 14.2 Å². The van der Waals surface area contributed by atoms with Crippen LogP contribution in [0.2, 0.25) is 0 Å². The van der Waals surface area contributed by atoms with Crippen LogP contribution in [0.5, 0.6) is 11.5 Å². The molecule has 2 N–H and O–H groups in total. The van der Waals surface area contributed by atoms with Crippen LogP contribution in [0.4, 0.5) is 0 Å². The molecule has 1 unspecified atom stereocenters. The van der Waals surface area contributed by atoms with Crippen LogP contribution in [-0.4, -0.2) is 37.4 Å². The molecule has 1 amide bonds. The molecule has 1 rings (SSSR count). The van der Waals surface area contributed by atoms with E-state index in [0.717, 1.165) is 6.42 Å². The average Bonchev–Trinajstić information content (AvgIpc) is 2.43. The summed E-state index contributed by atoms with van der Waals surface area (Å²) in [5.74, 6) is 0.666. The molecule has 1 aromatic rings. The average molecular weight is 360 g/mol. The lowest BCUT2D eigenvalue weighted by Crippen LogP contribution is -2.40. The van der Waals surface area contributed by atoms with E-state index in [1.54, 1.807) is 19.1 Å². The molecule has 0 aliphatic heterocycles. The SMILES string of the molecule is CCCC(C)(O)CNC(=O)c1cc(OC)cc(Br)c1OC. The number of carbonyl (C=O) groups excluding carboxylic acids is 1. The van der Waals surface area contributed by atoms with Crippen LogP contribution in [-0.2, 0) is 0 Å². The van der Waals surface area contributed by atoms with Gasteiger partial charge in [-0.25, -0.2) is 0 Å². The van der Waals surface area contributed by atoms with E-state index in [2.05, 4.69) is 21.2 Å². The van der Waals surface area contributed by atoms with Crippen molar-refractivity contribution in [2.45, 2.75) is 32.3 Å². The summed E-state index contributed by atoms with van der Waals surface area (Å²) in [4.78, 5) is 12.3. The van der Waals surface area contributed by atoms with Gasteiger partial charge in [0.15, 0.2) is 0 Å². The highest BCUT2D eigenvalue weighted by Crippen LogP contribution is 2.33. The van der Waals surface area contributed by atoms with Gasteiger partial charge in [-0.1, -0.05) is 13.3 Å². The number of hydrogen-bond acceptors (Lipinski definition) is 4. The van der Waals surface area contributed by atoms with Crippen LogP contribution in [0.15, 0.2) is 16.6 Å². The maximum absolute atomic E-state index is 12.3. The van der Waals surface area contributed by atoms with Crippen molar-refractivity contribution in [3.8, 4) is 11.5 Å². The molecular weight excluding hydrogens is 338 g/mol. The van der Waals surface area contributed by atoms with Gasteiger partial charge in [-0.2, -0.15) is 0 Å². The summed E-state index contributed by atoms with van der Waals surface area (Å²) in [6, 6.07) is 3.33. The van der Waals surface area contributed by atoms with Crippen LogP contribution >= 0.6 is 15.9 Å². The molecule has 0 saturated carbocycles. The van der Waals surface area contributed by atoms with Crippen molar-refractivity contribution in [1.82, 2.24) is 5.32 Å². The summed E-state index contributed by atoms with van der Waals surface area (Å²) in [5, 5.41) is 12.8. The van der Waals surface area contributed by atoms with E-state index < -0.39 is 5.60 Å². The number of aliphatic hydroxyl groups is 1. The Balaban J connectivity index is 2.94. The van der Waals surface area contributed by atoms with Crippen molar-refractivity contribution in [3.63, 3.8) is 0 Å². The Morgan fingerprint density at radius 2 is 2.05 bits per heavy atom. The zero-order valence-corrected chi connectivity index (χ0v) is 14.4. The van der Waals surface area contributed by atoms with Crippen LogP contribution in [0.3, 0.4) is 0 Å². The van der Waals surface area contributed by atoms with Crippen molar-refractivity contribution in [2.24, 2.45) is 0 Å². The van der Waals surface area contributed by atoms with Gasteiger partial charge >= 0.3 is 0 Å². The zero-order valence-electron chi connectivity index (χ0n) is 12.8. The molecule has 0 spiro atoms. The van der Waals surface area contributed by atoms with Crippen LogP contribution in [0.25, 0.3) is 0 Å². The molecule has 0 fully saturated rings. The number of ether oxygens (including phenoxy) is 2. The van der Waals surface area contributed by atoms with Gasteiger partial charge in [-0.3, -0.25) is 4.79 Å². The predicted octanol–water partition coefficient (Wildman–Crippen LogP) is 2.75. The van der Waals surface area contributed by atoms with Crippen molar-refractivity contribution >= 4 is 21.8 Å². The number of nitrogens with one attached hydrogen (secondary N) is 1. The van der Waals surface area contributed by atoms with Crippen molar-refractivity contribution in [3.05, 3.63) is 22.2 Å². The molecule has 0 heterocycles. The van der Waals surface area contributed by atoms with Gasteiger partial charge < -0.3 is 19.9 Å². The van der Waals surface area contributed by atoms with Crippen molar-refractivity contribution in [2.75, 3.05) is 20.8 Å². The standard InChI is InChI=1S/C15H22BrNO4/c1-5-6-15(2,19)9-17-14(18)11-7-10(20-3)8-12(16)13(11)21-4/h7-8,19H,5-6,9H2,1-4H3,(H,17,18). The highest BCUT2D eigenvalue weighted by atomic mass is 79.9. The fourth-order valence-electron chi connectivity index (χ4n) is 2.06. The fraction of sp³-hybridized carbons (Fsp3) is 0.533. The topological polar surface area (TPSA) is 67.8 Å². The third-order valence-corrected chi connectivity index (χ3v) is 3.71. The summed E-state index contributed by atoms with van der Waals surface area (Å²) < 4.78 is 11.0. The first-order valence-electron chi connectivity index (χ1n) is 6.76. The Hall–Kier alpha value is -1.27. The molecule has 1 aromatic carbocycles. The summed E-state index contributed by atoms with van der Waals surface area (Å²) in [7, 11) is 3.03.